The van der Waals surface area contributed by atoms with Gasteiger partial charge in [-0.15, -0.1) is 11.8 Å². The number of ether oxygens (including phenoxy) is 1. The summed E-state index contributed by atoms with van der Waals surface area (Å²) in [5, 5.41) is 11.5. The van der Waals surface area contributed by atoms with Gasteiger partial charge in [-0.05, 0) is 31.4 Å². The third kappa shape index (κ3) is 7.22. The fourth-order valence-corrected chi connectivity index (χ4v) is 3.51. The lowest BCUT2D eigenvalue weighted by atomic mass is 10.0. The lowest BCUT2D eigenvalue weighted by Crippen LogP contribution is -2.42. The van der Waals surface area contributed by atoms with Gasteiger partial charge in [-0.1, -0.05) is 25.1 Å². The van der Waals surface area contributed by atoms with Crippen LogP contribution in [0.25, 0.3) is 0 Å². The first kappa shape index (κ1) is 23.0. The molecule has 2 N–H and O–H groups in total. The summed E-state index contributed by atoms with van der Waals surface area (Å²) in [6.45, 7) is 7.73. The van der Waals surface area contributed by atoms with Crippen molar-refractivity contribution in [3.8, 4) is 0 Å². The molecule has 0 aliphatic rings. The maximum atomic E-state index is 12.8. The number of para-hydroxylation sites is 1. The lowest BCUT2D eigenvalue weighted by Gasteiger charge is -2.26. The Bertz CT molecular complexity index is 666. The van der Waals surface area contributed by atoms with Crippen LogP contribution in [0.15, 0.2) is 18.2 Å². The minimum atomic E-state index is -1.12. The Morgan fingerprint density at radius 1 is 1.30 bits per heavy atom. The number of carbonyl (C=O) groups is 3. The summed E-state index contributed by atoms with van der Waals surface area (Å²) in [4.78, 5) is 36.7. The van der Waals surface area contributed by atoms with Gasteiger partial charge in [0.15, 0.2) is 0 Å². The Labute approximate surface area is 164 Å². The zero-order chi connectivity index (χ0) is 20.4. The molecule has 1 rings (SSSR count). The summed E-state index contributed by atoms with van der Waals surface area (Å²) < 4.78 is 5.49. The van der Waals surface area contributed by atoms with Gasteiger partial charge in [-0.3, -0.25) is 14.5 Å². The first-order valence-electron chi connectivity index (χ1n) is 8.86. The molecule has 2 amide bonds. The smallest absolute Gasteiger partial charge is 0.327 e. The zero-order valence-corrected chi connectivity index (χ0v) is 17.1. The van der Waals surface area contributed by atoms with Crippen LogP contribution in [0.1, 0.15) is 31.9 Å². The minimum absolute atomic E-state index is 0.0912. The summed E-state index contributed by atoms with van der Waals surface area (Å²) >= 11 is 1.17. The topological polar surface area (TPSA) is 95.9 Å². The summed E-state index contributed by atoms with van der Waals surface area (Å²) in [6.07, 6.45) is 0.781. The molecule has 0 saturated carbocycles. The number of benzene rings is 1. The number of thioether (sulfide) groups is 1. The van der Waals surface area contributed by atoms with E-state index in [-0.39, 0.29) is 24.1 Å². The molecule has 0 saturated heterocycles. The summed E-state index contributed by atoms with van der Waals surface area (Å²) in [5.41, 5.74) is 2.87. The quantitative estimate of drug-likeness (QED) is 0.557. The van der Waals surface area contributed by atoms with Gasteiger partial charge in [0.05, 0.1) is 11.4 Å². The molecule has 0 bridgehead atoms. The van der Waals surface area contributed by atoms with Crippen LogP contribution in [0.2, 0.25) is 0 Å². The van der Waals surface area contributed by atoms with Gasteiger partial charge in [0, 0.05) is 19.3 Å². The fourth-order valence-electron chi connectivity index (χ4n) is 2.60. The molecule has 27 heavy (non-hydrogen) atoms. The van der Waals surface area contributed by atoms with Gasteiger partial charge in [-0.2, -0.15) is 0 Å². The van der Waals surface area contributed by atoms with Gasteiger partial charge in [-0.25, -0.2) is 4.79 Å². The third-order valence-electron chi connectivity index (χ3n) is 3.88. The van der Waals surface area contributed by atoms with Crippen LogP contribution in [-0.2, 0) is 25.5 Å². The third-order valence-corrected chi connectivity index (χ3v) is 4.90. The Kier molecular flexibility index (Phi) is 9.88. The monoisotopic (exact) mass is 396 g/mol. The maximum Gasteiger partial charge on any atom is 0.327 e. The molecule has 0 aliphatic carbocycles. The predicted molar refractivity (Wildman–Crippen MR) is 107 cm³/mol. The van der Waals surface area contributed by atoms with E-state index in [0.717, 1.165) is 23.2 Å². The standard InChI is InChI=1S/C19H28N2O5S/c1-5-15-9-7-8-13(3)18(15)21(12-26-6-2)17(23)11-27-10-16(19(24)25)20-14(4)22/h7-9,16H,5-6,10-12H2,1-4H3,(H,20,22)(H,24,25). The number of carboxylic acid groups (broad SMARTS) is 1. The van der Waals surface area contributed by atoms with E-state index in [1.165, 1.54) is 18.7 Å². The molecular weight excluding hydrogens is 368 g/mol. The molecule has 7 nitrogen and oxygen atoms in total. The van der Waals surface area contributed by atoms with Crippen molar-refractivity contribution in [2.24, 2.45) is 0 Å². The minimum Gasteiger partial charge on any atom is -0.480 e. The number of hydrogen-bond acceptors (Lipinski definition) is 5. The number of aliphatic carboxylic acids is 1. The highest BCUT2D eigenvalue weighted by Gasteiger charge is 2.23. The van der Waals surface area contributed by atoms with Crippen LogP contribution in [0.5, 0.6) is 0 Å². The Hall–Kier alpha value is -2.06. The summed E-state index contributed by atoms with van der Waals surface area (Å²) in [7, 11) is 0. The molecule has 0 aromatic heterocycles. The van der Waals surface area contributed by atoms with Crippen LogP contribution in [0.4, 0.5) is 5.69 Å². The van der Waals surface area contributed by atoms with Crippen molar-refractivity contribution in [1.82, 2.24) is 5.32 Å². The van der Waals surface area contributed by atoms with E-state index in [9.17, 15) is 14.4 Å². The van der Waals surface area contributed by atoms with E-state index < -0.39 is 17.9 Å². The number of amides is 2. The SMILES string of the molecule is CCOCN(C(=O)CSCC(NC(C)=O)C(=O)O)c1c(C)cccc1CC. The van der Waals surface area contributed by atoms with Gasteiger partial charge in [0.1, 0.15) is 12.8 Å². The molecule has 1 aromatic carbocycles. The van der Waals surface area contributed by atoms with E-state index in [1.54, 1.807) is 4.90 Å². The molecule has 0 aliphatic heterocycles. The van der Waals surface area contributed by atoms with Crippen LogP contribution in [-0.4, -0.2) is 53.8 Å². The molecule has 0 spiro atoms. The molecule has 0 radical (unpaired) electrons. The van der Waals surface area contributed by atoms with E-state index >= 15 is 0 Å². The maximum absolute atomic E-state index is 12.8. The summed E-state index contributed by atoms with van der Waals surface area (Å²) in [5.74, 6) is -1.50. The van der Waals surface area contributed by atoms with Crippen molar-refractivity contribution >= 4 is 35.2 Å². The molecule has 0 heterocycles. The number of carbonyl (C=O) groups excluding carboxylic acids is 2. The molecule has 1 aromatic rings. The molecule has 150 valence electrons. The number of rotatable bonds is 11. The fraction of sp³-hybridized carbons (Fsp3) is 0.526. The average Bonchev–Trinajstić information content (AvgIpc) is 2.61. The highest BCUT2D eigenvalue weighted by Crippen LogP contribution is 2.26. The van der Waals surface area contributed by atoms with E-state index in [1.807, 2.05) is 39.0 Å². The zero-order valence-electron chi connectivity index (χ0n) is 16.3. The van der Waals surface area contributed by atoms with E-state index in [4.69, 9.17) is 9.84 Å². The molecule has 8 heteroatoms. The summed E-state index contributed by atoms with van der Waals surface area (Å²) in [6, 6.07) is 4.87. The first-order chi connectivity index (χ1) is 12.8. The van der Waals surface area contributed by atoms with E-state index in [0.29, 0.717) is 6.61 Å². The Morgan fingerprint density at radius 2 is 2.00 bits per heavy atom. The van der Waals surface area contributed by atoms with Gasteiger partial charge in [0.2, 0.25) is 11.8 Å². The number of nitrogens with one attached hydrogen (secondary N) is 1. The largest absolute Gasteiger partial charge is 0.480 e. The normalized spacial score (nSPS) is 11.7. The van der Waals surface area contributed by atoms with Crippen molar-refractivity contribution in [2.75, 3.05) is 29.7 Å². The van der Waals surface area contributed by atoms with Crippen molar-refractivity contribution < 1.29 is 24.2 Å². The lowest BCUT2D eigenvalue weighted by molar-refractivity contribution is -0.140. The second-order valence-electron chi connectivity index (χ2n) is 5.99. The number of nitrogens with zero attached hydrogens (tertiary/aromatic N) is 1. The predicted octanol–water partition coefficient (Wildman–Crippen LogP) is 2.21. The number of aryl methyl sites for hydroxylation is 2. The van der Waals surface area contributed by atoms with Gasteiger partial charge >= 0.3 is 5.97 Å². The van der Waals surface area contributed by atoms with Crippen molar-refractivity contribution in [1.29, 1.82) is 0 Å². The van der Waals surface area contributed by atoms with E-state index in [2.05, 4.69) is 5.32 Å². The number of anilines is 1. The highest BCUT2D eigenvalue weighted by atomic mass is 32.2. The second kappa shape index (κ2) is 11.6. The van der Waals surface area contributed by atoms with Crippen LogP contribution >= 0.6 is 11.8 Å². The van der Waals surface area contributed by atoms with Crippen LogP contribution in [0.3, 0.4) is 0 Å². The Morgan fingerprint density at radius 3 is 2.56 bits per heavy atom. The second-order valence-corrected chi connectivity index (χ2v) is 7.02. The van der Waals surface area contributed by atoms with Crippen LogP contribution < -0.4 is 10.2 Å². The van der Waals surface area contributed by atoms with Gasteiger partial charge in [0.25, 0.3) is 0 Å². The molecule has 1 unspecified atom stereocenters. The van der Waals surface area contributed by atoms with Crippen molar-refractivity contribution in [3.63, 3.8) is 0 Å². The first-order valence-corrected chi connectivity index (χ1v) is 10.0. The highest BCUT2D eigenvalue weighted by molar-refractivity contribution is 8.00. The number of carboxylic acids is 1. The molecule has 0 fully saturated rings. The van der Waals surface area contributed by atoms with Crippen molar-refractivity contribution in [2.45, 2.75) is 40.2 Å². The molecule has 1 atom stereocenters. The van der Waals surface area contributed by atoms with Crippen molar-refractivity contribution in [3.05, 3.63) is 29.3 Å². The van der Waals surface area contributed by atoms with Crippen LogP contribution in [0, 0.1) is 6.92 Å². The number of hydrogen-bond donors (Lipinski definition) is 2. The molecular formula is C19H28N2O5S. The van der Waals surface area contributed by atoms with Gasteiger partial charge < -0.3 is 15.2 Å². The Balaban J connectivity index is 2.88. The average molecular weight is 397 g/mol.